The van der Waals surface area contributed by atoms with Crippen LogP contribution in [0.2, 0.25) is 0 Å². The first-order chi connectivity index (χ1) is 7.06. The molecule has 0 atom stereocenters. The molecule has 5 heteroatoms. The summed E-state index contributed by atoms with van der Waals surface area (Å²) in [5.74, 6) is -0.476. The summed E-state index contributed by atoms with van der Waals surface area (Å²) in [6.45, 7) is 0.296. The third-order valence-corrected chi connectivity index (χ3v) is 3.54. The molecule has 0 aliphatic carbocycles. The van der Waals surface area contributed by atoms with Gasteiger partial charge in [-0.05, 0) is 5.56 Å². The van der Waals surface area contributed by atoms with Gasteiger partial charge in [0, 0.05) is 13.6 Å². The first-order valence-electron chi connectivity index (χ1n) is 4.41. The van der Waals surface area contributed by atoms with Crippen molar-refractivity contribution in [1.29, 1.82) is 5.26 Å². The van der Waals surface area contributed by atoms with Crippen LogP contribution in [0.1, 0.15) is 5.56 Å². The van der Waals surface area contributed by atoms with Crippen molar-refractivity contribution in [3.05, 3.63) is 35.9 Å². The fourth-order valence-corrected chi connectivity index (χ4v) is 1.86. The Kier molecular flexibility index (Phi) is 3.83. The SMILES string of the molecule is CN(Cc1ccccc1)S(=O)(=O)CC#N. The lowest BCUT2D eigenvalue weighted by atomic mass is 10.2. The van der Waals surface area contributed by atoms with E-state index < -0.39 is 15.8 Å². The predicted octanol–water partition coefficient (Wildman–Crippen LogP) is 0.972. The van der Waals surface area contributed by atoms with Crippen molar-refractivity contribution in [2.45, 2.75) is 6.54 Å². The quantitative estimate of drug-likeness (QED) is 0.765. The number of hydrogen-bond acceptors (Lipinski definition) is 3. The lowest BCUT2D eigenvalue weighted by Gasteiger charge is -2.14. The number of nitriles is 1. The molecule has 0 unspecified atom stereocenters. The molecule has 4 nitrogen and oxygen atoms in total. The molecule has 0 saturated carbocycles. The third-order valence-electron chi connectivity index (χ3n) is 1.97. The maximum absolute atomic E-state index is 11.4. The molecule has 0 spiro atoms. The molecule has 0 saturated heterocycles. The smallest absolute Gasteiger partial charge is 0.211 e. The second kappa shape index (κ2) is 4.91. The van der Waals surface area contributed by atoms with Crippen molar-refractivity contribution < 1.29 is 8.42 Å². The zero-order valence-electron chi connectivity index (χ0n) is 8.42. The minimum atomic E-state index is -3.44. The minimum absolute atomic E-state index is 0.296. The van der Waals surface area contributed by atoms with Crippen LogP contribution in [0.15, 0.2) is 30.3 Å². The van der Waals surface area contributed by atoms with Crippen molar-refractivity contribution in [3.8, 4) is 6.07 Å². The lowest BCUT2D eigenvalue weighted by molar-refractivity contribution is 0.469. The van der Waals surface area contributed by atoms with Crippen molar-refractivity contribution in [2.75, 3.05) is 12.8 Å². The average Bonchev–Trinajstić information content (AvgIpc) is 2.19. The highest BCUT2D eigenvalue weighted by Gasteiger charge is 2.16. The molecule has 0 fully saturated rings. The maximum Gasteiger partial charge on any atom is 0.227 e. The molecule has 0 radical (unpaired) electrons. The topological polar surface area (TPSA) is 61.2 Å². The molecule has 0 bridgehead atoms. The second-order valence-corrected chi connectivity index (χ2v) is 5.23. The summed E-state index contributed by atoms with van der Waals surface area (Å²) in [5.41, 5.74) is 0.904. The number of nitrogens with zero attached hydrogens (tertiary/aromatic N) is 2. The molecule has 1 aromatic carbocycles. The number of benzene rings is 1. The van der Waals surface area contributed by atoms with Gasteiger partial charge in [-0.3, -0.25) is 0 Å². The summed E-state index contributed by atoms with van der Waals surface area (Å²) in [6.07, 6.45) is 0. The Hall–Kier alpha value is -1.38. The molecule has 1 rings (SSSR count). The molecule has 0 N–H and O–H groups in total. The van der Waals surface area contributed by atoms with Crippen LogP contribution in [-0.4, -0.2) is 25.5 Å². The van der Waals surface area contributed by atoms with E-state index in [1.54, 1.807) is 6.07 Å². The van der Waals surface area contributed by atoms with E-state index in [1.807, 2.05) is 30.3 Å². The summed E-state index contributed by atoms with van der Waals surface area (Å²) in [7, 11) is -1.96. The lowest BCUT2D eigenvalue weighted by Crippen LogP contribution is -2.28. The van der Waals surface area contributed by atoms with Crippen molar-refractivity contribution in [1.82, 2.24) is 4.31 Å². The molecular weight excluding hydrogens is 212 g/mol. The normalized spacial score (nSPS) is 11.3. The summed E-state index contributed by atoms with van der Waals surface area (Å²) in [5, 5.41) is 8.36. The molecule has 80 valence electrons. The van der Waals surface area contributed by atoms with Gasteiger partial charge in [0.15, 0.2) is 5.75 Å². The van der Waals surface area contributed by atoms with Gasteiger partial charge in [-0.15, -0.1) is 0 Å². The van der Waals surface area contributed by atoms with Gasteiger partial charge in [0.1, 0.15) is 0 Å². The highest BCUT2D eigenvalue weighted by molar-refractivity contribution is 7.89. The van der Waals surface area contributed by atoms with Crippen LogP contribution in [0.3, 0.4) is 0 Å². The average molecular weight is 224 g/mol. The summed E-state index contributed by atoms with van der Waals surface area (Å²) >= 11 is 0. The van der Waals surface area contributed by atoms with Gasteiger partial charge in [0.2, 0.25) is 10.0 Å². The Morgan fingerprint density at radius 1 is 1.33 bits per heavy atom. The van der Waals surface area contributed by atoms with E-state index in [0.717, 1.165) is 5.56 Å². The summed E-state index contributed by atoms with van der Waals surface area (Å²) < 4.78 is 24.1. The standard InChI is InChI=1S/C10H12N2O2S/c1-12(15(13,14)8-7-11)9-10-5-3-2-4-6-10/h2-6H,8-9H2,1H3. The third kappa shape index (κ3) is 3.35. The van der Waals surface area contributed by atoms with E-state index in [4.69, 9.17) is 5.26 Å². The second-order valence-electron chi connectivity index (χ2n) is 3.16. The van der Waals surface area contributed by atoms with E-state index in [-0.39, 0.29) is 0 Å². The van der Waals surface area contributed by atoms with Crippen LogP contribution in [0.5, 0.6) is 0 Å². The molecule has 0 amide bonds. The molecule has 0 aromatic heterocycles. The molecule has 1 aromatic rings. The monoisotopic (exact) mass is 224 g/mol. The van der Waals surface area contributed by atoms with E-state index in [1.165, 1.54) is 11.4 Å². The fourth-order valence-electron chi connectivity index (χ4n) is 1.13. The van der Waals surface area contributed by atoms with E-state index >= 15 is 0 Å². The van der Waals surface area contributed by atoms with Crippen LogP contribution in [-0.2, 0) is 16.6 Å². The highest BCUT2D eigenvalue weighted by atomic mass is 32.2. The maximum atomic E-state index is 11.4. The number of hydrogen-bond donors (Lipinski definition) is 0. The summed E-state index contributed by atoms with van der Waals surface area (Å²) in [4.78, 5) is 0. The van der Waals surface area contributed by atoms with Crippen LogP contribution in [0, 0.1) is 11.3 Å². The van der Waals surface area contributed by atoms with E-state index in [0.29, 0.717) is 6.54 Å². The molecular formula is C10H12N2O2S. The van der Waals surface area contributed by atoms with Crippen molar-refractivity contribution in [3.63, 3.8) is 0 Å². The molecule has 0 aliphatic heterocycles. The Morgan fingerprint density at radius 3 is 2.47 bits per heavy atom. The molecule has 0 aliphatic rings. The zero-order chi connectivity index (χ0) is 11.3. The van der Waals surface area contributed by atoms with Gasteiger partial charge in [0.25, 0.3) is 0 Å². The van der Waals surface area contributed by atoms with Crippen molar-refractivity contribution >= 4 is 10.0 Å². The number of rotatable bonds is 4. The van der Waals surface area contributed by atoms with Gasteiger partial charge in [-0.1, -0.05) is 30.3 Å². The number of sulfonamides is 1. The first kappa shape index (κ1) is 11.7. The minimum Gasteiger partial charge on any atom is -0.211 e. The van der Waals surface area contributed by atoms with E-state index in [9.17, 15) is 8.42 Å². The van der Waals surface area contributed by atoms with Crippen LogP contribution in [0.25, 0.3) is 0 Å². The molecule has 15 heavy (non-hydrogen) atoms. The van der Waals surface area contributed by atoms with Gasteiger partial charge in [0.05, 0.1) is 6.07 Å². The van der Waals surface area contributed by atoms with Crippen LogP contribution < -0.4 is 0 Å². The Labute approximate surface area is 89.8 Å². The Balaban J connectivity index is 2.73. The fraction of sp³-hybridized carbons (Fsp3) is 0.300. The van der Waals surface area contributed by atoms with Gasteiger partial charge in [-0.25, -0.2) is 8.42 Å². The largest absolute Gasteiger partial charge is 0.227 e. The van der Waals surface area contributed by atoms with E-state index in [2.05, 4.69) is 0 Å². The summed E-state index contributed by atoms with van der Waals surface area (Å²) in [6, 6.07) is 10.9. The van der Waals surface area contributed by atoms with Crippen LogP contribution in [0.4, 0.5) is 0 Å². The Morgan fingerprint density at radius 2 is 1.93 bits per heavy atom. The van der Waals surface area contributed by atoms with Crippen LogP contribution >= 0.6 is 0 Å². The zero-order valence-corrected chi connectivity index (χ0v) is 9.24. The molecule has 0 heterocycles. The Bertz CT molecular complexity index is 448. The van der Waals surface area contributed by atoms with Gasteiger partial charge >= 0.3 is 0 Å². The first-order valence-corrected chi connectivity index (χ1v) is 6.02. The van der Waals surface area contributed by atoms with Gasteiger partial charge < -0.3 is 0 Å². The highest BCUT2D eigenvalue weighted by Crippen LogP contribution is 2.06. The van der Waals surface area contributed by atoms with Crippen molar-refractivity contribution in [2.24, 2.45) is 0 Å². The predicted molar refractivity (Wildman–Crippen MR) is 57.3 cm³/mol. The van der Waals surface area contributed by atoms with Gasteiger partial charge in [-0.2, -0.15) is 9.57 Å².